The van der Waals surface area contributed by atoms with Gasteiger partial charge in [0.25, 0.3) is 0 Å². The molecular weight excluding hydrogens is 560 g/mol. The van der Waals surface area contributed by atoms with Crippen LogP contribution in [0.2, 0.25) is 0 Å². The van der Waals surface area contributed by atoms with Crippen molar-refractivity contribution >= 4 is 0 Å². The first-order chi connectivity index (χ1) is 20.3. The third-order valence-electron chi connectivity index (χ3n) is 14.4. The molecule has 8 nitrogen and oxygen atoms in total. The van der Waals surface area contributed by atoms with Crippen LogP contribution < -0.4 is 0 Å². The number of hydrogen-bond donors (Lipinski definition) is 6. The van der Waals surface area contributed by atoms with Crippen LogP contribution in [-0.4, -0.2) is 85.8 Å². The summed E-state index contributed by atoms with van der Waals surface area (Å²) in [7, 11) is 0. The average molecular weight is 623 g/mol. The molecular formula is C36H62O8. The molecule has 1 heterocycles. The Morgan fingerprint density at radius 2 is 1.57 bits per heavy atom. The molecule has 6 N–H and O–H groups in total. The summed E-state index contributed by atoms with van der Waals surface area (Å²) >= 11 is 0. The van der Waals surface area contributed by atoms with E-state index in [0.717, 1.165) is 51.4 Å². The highest BCUT2D eigenvalue weighted by Gasteiger charge is 2.70. The van der Waals surface area contributed by atoms with Gasteiger partial charge >= 0.3 is 0 Å². The number of aliphatic hydroxyl groups excluding tert-OH is 5. The van der Waals surface area contributed by atoms with Gasteiger partial charge in [0.2, 0.25) is 0 Å². The summed E-state index contributed by atoms with van der Waals surface area (Å²) in [6, 6.07) is 0. The van der Waals surface area contributed by atoms with Gasteiger partial charge in [-0.25, -0.2) is 0 Å². The summed E-state index contributed by atoms with van der Waals surface area (Å²) in [5.74, 6) is 1.22. The molecule has 0 aromatic rings. The van der Waals surface area contributed by atoms with Crippen molar-refractivity contribution in [2.24, 2.45) is 45.3 Å². The molecule has 0 bridgehead atoms. The summed E-state index contributed by atoms with van der Waals surface area (Å²) in [4.78, 5) is 0. The van der Waals surface area contributed by atoms with E-state index in [1.807, 2.05) is 6.92 Å². The monoisotopic (exact) mass is 622 g/mol. The smallest absolute Gasteiger partial charge is 0.186 e. The lowest BCUT2D eigenvalue weighted by Crippen LogP contribution is -2.65. The largest absolute Gasteiger partial charge is 0.394 e. The maximum Gasteiger partial charge on any atom is 0.186 e. The van der Waals surface area contributed by atoms with Gasteiger partial charge in [0.1, 0.15) is 24.4 Å². The second-order valence-electron chi connectivity index (χ2n) is 17.3. The quantitative estimate of drug-likeness (QED) is 0.182. The number of ether oxygens (including phenoxy) is 2. The maximum absolute atomic E-state index is 12.1. The van der Waals surface area contributed by atoms with Crippen LogP contribution in [0.5, 0.6) is 0 Å². The van der Waals surface area contributed by atoms with Gasteiger partial charge in [-0.3, -0.25) is 0 Å². The van der Waals surface area contributed by atoms with Gasteiger partial charge in [-0.1, -0.05) is 46.3 Å². The van der Waals surface area contributed by atoms with Crippen LogP contribution in [0.3, 0.4) is 0 Å². The molecule has 4 saturated carbocycles. The number of rotatable bonds is 7. The molecule has 15 atom stereocenters. The summed E-state index contributed by atoms with van der Waals surface area (Å²) in [6.45, 7) is 17.3. The van der Waals surface area contributed by atoms with Crippen molar-refractivity contribution in [1.82, 2.24) is 0 Å². The molecule has 5 fully saturated rings. The number of allylic oxidation sites excluding steroid dienone is 2. The Balaban J connectivity index is 1.36. The van der Waals surface area contributed by atoms with E-state index in [9.17, 15) is 30.6 Å². The number of aliphatic hydroxyl groups is 6. The van der Waals surface area contributed by atoms with Crippen LogP contribution in [0.1, 0.15) is 113 Å². The van der Waals surface area contributed by atoms with Crippen molar-refractivity contribution in [2.75, 3.05) is 6.61 Å². The molecule has 254 valence electrons. The van der Waals surface area contributed by atoms with Crippen molar-refractivity contribution in [1.29, 1.82) is 0 Å². The predicted octanol–water partition coefficient (Wildman–Crippen LogP) is 4.32. The van der Waals surface area contributed by atoms with Crippen LogP contribution >= 0.6 is 0 Å². The molecule has 0 amide bonds. The second-order valence-corrected chi connectivity index (χ2v) is 17.3. The molecule has 0 radical (unpaired) electrons. The van der Waals surface area contributed by atoms with Crippen LogP contribution in [0.15, 0.2) is 11.6 Å². The summed E-state index contributed by atoms with van der Waals surface area (Å²) in [6.07, 6.45) is 3.17. The fourth-order valence-electron chi connectivity index (χ4n) is 11.8. The lowest BCUT2D eigenvalue weighted by molar-refractivity contribution is -0.330. The van der Waals surface area contributed by atoms with Gasteiger partial charge in [-0.2, -0.15) is 0 Å². The first-order valence-corrected chi connectivity index (χ1v) is 17.3. The third kappa shape index (κ3) is 5.26. The molecule has 6 unspecified atom stereocenters. The van der Waals surface area contributed by atoms with Crippen LogP contribution in [0.25, 0.3) is 0 Å². The molecule has 0 aromatic carbocycles. The van der Waals surface area contributed by atoms with Gasteiger partial charge in [0.05, 0.1) is 24.4 Å². The first-order valence-electron chi connectivity index (χ1n) is 17.3. The van der Waals surface area contributed by atoms with Crippen molar-refractivity contribution in [3.05, 3.63) is 11.6 Å². The SMILES string of the molecule is CC(C)=CCC[C@@](C)(O)[C@@]1(C)CC[C@]2(C)C3CCC4C(C)(C)C(O[C@@H]5O[C@H](CO)[C@@H](O)[C@H](O)[C@H]5O)CC[C@]4(C)C3CC(O)C21. The fourth-order valence-corrected chi connectivity index (χ4v) is 11.8. The van der Waals surface area contributed by atoms with Crippen LogP contribution in [0.4, 0.5) is 0 Å². The van der Waals surface area contributed by atoms with E-state index in [0.29, 0.717) is 24.2 Å². The number of hydrogen-bond acceptors (Lipinski definition) is 8. The van der Waals surface area contributed by atoms with Crippen LogP contribution in [-0.2, 0) is 9.47 Å². The minimum Gasteiger partial charge on any atom is -0.394 e. The van der Waals surface area contributed by atoms with E-state index in [-0.39, 0.29) is 33.7 Å². The Morgan fingerprint density at radius 3 is 2.20 bits per heavy atom. The Morgan fingerprint density at radius 1 is 0.886 bits per heavy atom. The Bertz CT molecular complexity index is 1070. The molecule has 44 heavy (non-hydrogen) atoms. The lowest BCUT2D eigenvalue weighted by Gasteiger charge is -2.67. The van der Waals surface area contributed by atoms with Gasteiger partial charge in [0.15, 0.2) is 6.29 Å². The van der Waals surface area contributed by atoms with Gasteiger partial charge in [-0.15, -0.1) is 0 Å². The van der Waals surface area contributed by atoms with Gasteiger partial charge in [-0.05, 0) is 118 Å². The van der Waals surface area contributed by atoms with E-state index in [1.54, 1.807) is 0 Å². The van der Waals surface area contributed by atoms with Crippen molar-refractivity contribution < 1.29 is 40.1 Å². The van der Waals surface area contributed by atoms with E-state index in [4.69, 9.17) is 9.47 Å². The molecule has 5 aliphatic rings. The zero-order valence-corrected chi connectivity index (χ0v) is 28.5. The minimum absolute atomic E-state index is 0.00156. The molecule has 0 aromatic heterocycles. The molecule has 4 aliphatic carbocycles. The first kappa shape index (κ1) is 34.7. The Labute approximate surface area is 265 Å². The topological polar surface area (TPSA) is 140 Å². The van der Waals surface area contributed by atoms with Crippen molar-refractivity contribution in [3.63, 3.8) is 0 Å². The summed E-state index contributed by atoms with van der Waals surface area (Å²) in [5.41, 5.74) is -0.253. The maximum atomic E-state index is 12.1. The van der Waals surface area contributed by atoms with E-state index in [2.05, 4.69) is 54.5 Å². The third-order valence-corrected chi connectivity index (χ3v) is 14.4. The normalized spacial score (nSPS) is 51.5. The Kier molecular flexibility index (Phi) is 9.35. The molecule has 5 rings (SSSR count). The van der Waals surface area contributed by atoms with Gasteiger partial charge in [0, 0.05) is 5.41 Å². The highest BCUT2D eigenvalue weighted by molar-refractivity contribution is 5.19. The van der Waals surface area contributed by atoms with Crippen molar-refractivity contribution in [3.8, 4) is 0 Å². The second kappa shape index (κ2) is 11.8. The Hall–Kier alpha value is -0.580. The predicted molar refractivity (Wildman–Crippen MR) is 168 cm³/mol. The molecule has 8 heteroatoms. The van der Waals surface area contributed by atoms with Gasteiger partial charge < -0.3 is 40.1 Å². The van der Waals surface area contributed by atoms with Crippen LogP contribution in [0, 0.1) is 45.3 Å². The highest BCUT2D eigenvalue weighted by Crippen LogP contribution is 2.73. The molecule has 1 aliphatic heterocycles. The lowest BCUT2D eigenvalue weighted by atomic mass is 9.39. The minimum atomic E-state index is -1.46. The summed E-state index contributed by atoms with van der Waals surface area (Å²) in [5, 5.41) is 65.0. The summed E-state index contributed by atoms with van der Waals surface area (Å²) < 4.78 is 12.2. The van der Waals surface area contributed by atoms with E-state index >= 15 is 0 Å². The standard InChI is InChI=1S/C36H62O8/c1-20(2)10-9-14-36(8,42)35(7)17-16-34(6)21-11-12-25-32(3,4)26(13-15-33(25,5)22(21)18-23(38)30(34)35)44-31-29(41)28(40)27(39)24(19-37)43-31/h10,21-31,37-42H,9,11-19H2,1-8H3/t21?,22?,23?,24-,25?,26?,27-,28+,29-,30?,31+,33-,34-,35+,36-/m1/s1. The zero-order chi connectivity index (χ0) is 32.6. The fraction of sp³-hybridized carbons (Fsp3) is 0.944. The average Bonchev–Trinajstić information content (AvgIpc) is 3.24. The van der Waals surface area contributed by atoms with Crippen molar-refractivity contribution in [2.45, 2.75) is 162 Å². The van der Waals surface area contributed by atoms with E-state index < -0.39 is 49.0 Å². The molecule has 1 saturated heterocycles. The zero-order valence-electron chi connectivity index (χ0n) is 28.5. The molecule has 0 spiro atoms. The number of fused-ring (bicyclic) bond motifs is 5. The van der Waals surface area contributed by atoms with E-state index in [1.165, 1.54) is 5.57 Å². The highest BCUT2D eigenvalue weighted by atomic mass is 16.7.